The van der Waals surface area contributed by atoms with Gasteiger partial charge >= 0.3 is 0 Å². The molecule has 72 valence electrons. The molecule has 1 heterocycles. The third-order valence-electron chi connectivity index (χ3n) is 2.85. The normalized spacial score (nSPS) is 29.1. The van der Waals surface area contributed by atoms with Crippen molar-refractivity contribution < 1.29 is 0 Å². The fourth-order valence-corrected chi connectivity index (χ4v) is 3.72. The summed E-state index contributed by atoms with van der Waals surface area (Å²) in [5.41, 5.74) is 7.38. The number of hydrogen-bond donors (Lipinski definition) is 1. The highest BCUT2D eigenvalue weighted by molar-refractivity contribution is 9.10. The van der Waals surface area contributed by atoms with Crippen LogP contribution in [0.1, 0.15) is 37.2 Å². The third-order valence-corrected chi connectivity index (χ3v) is 4.61. The monoisotopic (exact) mass is 259 g/mol. The van der Waals surface area contributed by atoms with Crippen LogP contribution < -0.4 is 5.73 Å². The first-order chi connectivity index (χ1) is 6.27. The number of thiophene rings is 1. The Hall–Kier alpha value is 0.140. The van der Waals surface area contributed by atoms with Gasteiger partial charge in [0.1, 0.15) is 0 Å². The summed E-state index contributed by atoms with van der Waals surface area (Å²) in [5, 5.41) is 4.44. The molecule has 0 amide bonds. The zero-order valence-electron chi connectivity index (χ0n) is 7.50. The van der Waals surface area contributed by atoms with Gasteiger partial charge in [0.2, 0.25) is 0 Å². The Bertz CT molecular complexity index is 276. The number of nitrogens with two attached hydrogens (primary N) is 1. The maximum atomic E-state index is 5.88. The number of hydrogen-bond acceptors (Lipinski definition) is 2. The molecule has 1 aliphatic rings. The van der Waals surface area contributed by atoms with E-state index in [0.29, 0.717) is 6.04 Å². The van der Waals surface area contributed by atoms with Crippen molar-refractivity contribution in [2.75, 3.05) is 0 Å². The summed E-state index contributed by atoms with van der Waals surface area (Å²) in [7, 11) is 0. The van der Waals surface area contributed by atoms with Crippen molar-refractivity contribution in [3.63, 3.8) is 0 Å². The van der Waals surface area contributed by atoms with E-state index < -0.39 is 0 Å². The Morgan fingerprint density at radius 1 is 1.23 bits per heavy atom. The van der Waals surface area contributed by atoms with E-state index in [-0.39, 0.29) is 0 Å². The molecule has 0 atom stereocenters. The number of rotatable bonds is 1. The smallest absolute Gasteiger partial charge is 0.0317 e. The molecule has 1 saturated carbocycles. The molecular formula is C10H14BrNS. The van der Waals surface area contributed by atoms with Crippen molar-refractivity contribution in [1.82, 2.24) is 0 Å². The minimum absolute atomic E-state index is 0.452. The summed E-state index contributed by atoms with van der Waals surface area (Å²) in [6.45, 7) is 0. The summed E-state index contributed by atoms with van der Waals surface area (Å²) in [6, 6.07) is 0.452. The molecule has 3 heteroatoms. The average Bonchev–Trinajstić information content (AvgIpc) is 2.53. The molecule has 2 rings (SSSR count). The average molecular weight is 260 g/mol. The van der Waals surface area contributed by atoms with Crippen LogP contribution in [-0.2, 0) is 0 Å². The lowest BCUT2D eigenvalue weighted by Gasteiger charge is -2.25. The van der Waals surface area contributed by atoms with Crippen molar-refractivity contribution in [2.45, 2.75) is 37.6 Å². The van der Waals surface area contributed by atoms with Gasteiger partial charge in [-0.3, -0.25) is 0 Å². The predicted octanol–water partition coefficient (Wildman–Crippen LogP) is 3.50. The summed E-state index contributed by atoms with van der Waals surface area (Å²) >= 11 is 5.38. The highest BCUT2D eigenvalue weighted by Crippen LogP contribution is 2.37. The topological polar surface area (TPSA) is 26.0 Å². The lowest BCUT2D eigenvalue weighted by Crippen LogP contribution is -2.25. The van der Waals surface area contributed by atoms with Gasteiger partial charge in [-0.15, -0.1) is 0 Å². The second-order valence-corrected chi connectivity index (χ2v) is 5.38. The molecule has 1 nitrogen and oxygen atoms in total. The standard InChI is InChI=1S/C10H14BrNS/c11-10-6-13-5-9(10)7-1-3-8(12)4-2-7/h5-8H,1-4,12H2. The Labute approximate surface area is 91.5 Å². The predicted molar refractivity (Wildman–Crippen MR) is 61.2 cm³/mol. The molecule has 13 heavy (non-hydrogen) atoms. The van der Waals surface area contributed by atoms with E-state index in [2.05, 4.69) is 26.7 Å². The summed E-state index contributed by atoms with van der Waals surface area (Å²) in [4.78, 5) is 0. The molecule has 0 unspecified atom stereocenters. The van der Waals surface area contributed by atoms with Crippen LogP contribution in [0.3, 0.4) is 0 Å². The van der Waals surface area contributed by atoms with Crippen LogP contribution >= 0.6 is 27.3 Å². The van der Waals surface area contributed by atoms with E-state index in [1.807, 2.05) is 0 Å². The van der Waals surface area contributed by atoms with Crippen molar-refractivity contribution in [3.8, 4) is 0 Å². The first-order valence-corrected chi connectivity index (χ1v) is 6.48. The Morgan fingerprint density at radius 3 is 2.46 bits per heavy atom. The van der Waals surface area contributed by atoms with Crippen LogP contribution in [0.15, 0.2) is 15.2 Å². The molecule has 1 aliphatic carbocycles. The molecule has 0 aromatic carbocycles. The third kappa shape index (κ3) is 2.14. The van der Waals surface area contributed by atoms with Gasteiger partial charge in [0.25, 0.3) is 0 Å². The minimum Gasteiger partial charge on any atom is -0.328 e. The quantitative estimate of drug-likeness (QED) is 0.821. The van der Waals surface area contributed by atoms with Crippen LogP contribution in [0, 0.1) is 0 Å². The van der Waals surface area contributed by atoms with Crippen LogP contribution in [0.2, 0.25) is 0 Å². The fourth-order valence-electron chi connectivity index (χ4n) is 2.01. The lowest BCUT2D eigenvalue weighted by molar-refractivity contribution is 0.395. The van der Waals surface area contributed by atoms with Crippen LogP contribution in [0.25, 0.3) is 0 Å². The molecule has 1 aromatic heterocycles. The second-order valence-electron chi connectivity index (χ2n) is 3.79. The van der Waals surface area contributed by atoms with E-state index in [1.165, 1.54) is 35.7 Å². The van der Waals surface area contributed by atoms with Crippen LogP contribution in [-0.4, -0.2) is 6.04 Å². The SMILES string of the molecule is NC1CCC(c2cscc2Br)CC1. The largest absolute Gasteiger partial charge is 0.328 e. The van der Waals surface area contributed by atoms with Gasteiger partial charge in [0.15, 0.2) is 0 Å². The van der Waals surface area contributed by atoms with Crippen molar-refractivity contribution in [3.05, 3.63) is 20.8 Å². The van der Waals surface area contributed by atoms with Crippen LogP contribution in [0.4, 0.5) is 0 Å². The molecule has 0 aliphatic heterocycles. The first-order valence-electron chi connectivity index (χ1n) is 4.74. The Balaban J connectivity index is 2.06. The molecule has 1 aromatic rings. The van der Waals surface area contributed by atoms with Gasteiger partial charge in [-0.1, -0.05) is 0 Å². The van der Waals surface area contributed by atoms with Crippen molar-refractivity contribution in [1.29, 1.82) is 0 Å². The highest BCUT2D eigenvalue weighted by atomic mass is 79.9. The molecular weight excluding hydrogens is 246 g/mol. The van der Waals surface area contributed by atoms with Crippen LogP contribution in [0.5, 0.6) is 0 Å². The summed E-state index contributed by atoms with van der Waals surface area (Å²) < 4.78 is 1.29. The molecule has 2 N–H and O–H groups in total. The van der Waals surface area contributed by atoms with E-state index in [1.54, 1.807) is 11.3 Å². The Kier molecular flexibility index (Phi) is 3.06. The minimum atomic E-state index is 0.452. The van der Waals surface area contributed by atoms with Crippen molar-refractivity contribution in [2.24, 2.45) is 5.73 Å². The second kappa shape index (κ2) is 4.11. The number of halogens is 1. The van der Waals surface area contributed by atoms with Gasteiger partial charge in [-0.2, -0.15) is 11.3 Å². The first kappa shape index (κ1) is 9.69. The molecule has 0 saturated heterocycles. The summed E-state index contributed by atoms with van der Waals surface area (Å²) in [6.07, 6.45) is 4.90. The lowest BCUT2D eigenvalue weighted by atomic mass is 9.83. The van der Waals surface area contributed by atoms with Crippen molar-refractivity contribution >= 4 is 27.3 Å². The van der Waals surface area contributed by atoms with E-state index >= 15 is 0 Å². The van der Waals surface area contributed by atoms with Gasteiger partial charge in [0, 0.05) is 15.9 Å². The molecule has 0 radical (unpaired) electrons. The summed E-state index contributed by atoms with van der Waals surface area (Å²) in [5.74, 6) is 0.750. The molecule has 1 fully saturated rings. The zero-order valence-corrected chi connectivity index (χ0v) is 9.90. The van der Waals surface area contributed by atoms with E-state index in [4.69, 9.17) is 5.73 Å². The van der Waals surface area contributed by atoms with Gasteiger partial charge in [0.05, 0.1) is 0 Å². The van der Waals surface area contributed by atoms with E-state index in [0.717, 1.165) is 5.92 Å². The maximum Gasteiger partial charge on any atom is 0.0317 e. The highest BCUT2D eigenvalue weighted by Gasteiger charge is 2.21. The van der Waals surface area contributed by atoms with E-state index in [9.17, 15) is 0 Å². The van der Waals surface area contributed by atoms with Gasteiger partial charge in [-0.25, -0.2) is 0 Å². The zero-order chi connectivity index (χ0) is 9.26. The van der Waals surface area contributed by atoms with Gasteiger partial charge < -0.3 is 5.73 Å². The Morgan fingerprint density at radius 2 is 1.92 bits per heavy atom. The fraction of sp³-hybridized carbons (Fsp3) is 0.600. The van der Waals surface area contributed by atoms with Gasteiger partial charge in [-0.05, 0) is 58.5 Å². The maximum absolute atomic E-state index is 5.88. The molecule has 0 bridgehead atoms. The molecule has 0 spiro atoms.